The number of primary amides is 1. The van der Waals surface area contributed by atoms with Gasteiger partial charge in [-0.1, -0.05) is 12.1 Å². The average molecular weight is 289 g/mol. The molecule has 1 aromatic rings. The lowest BCUT2D eigenvalue weighted by molar-refractivity contribution is -0.124. The summed E-state index contributed by atoms with van der Waals surface area (Å²) in [5, 5.41) is 3.93. The van der Waals surface area contributed by atoms with Gasteiger partial charge in [0, 0.05) is 0 Å². The van der Waals surface area contributed by atoms with E-state index in [1.54, 1.807) is 18.2 Å². The third-order valence-electron chi connectivity index (χ3n) is 2.49. The number of nitrogens with one attached hydrogen (secondary N) is 2. The van der Waals surface area contributed by atoms with Crippen LogP contribution < -0.4 is 21.1 Å². The number of carbonyl (C=O) groups excluding carboxylic acids is 4. The van der Waals surface area contributed by atoms with Gasteiger partial charge in [0.05, 0.1) is 0 Å². The predicted molar refractivity (Wildman–Crippen MR) is 70.8 cm³/mol. The highest BCUT2D eigenvalue weighted by Gasteiger charge is 2.27. The number of hydrogen-bond donors (Lipinski definition) is 3. The van der Waals surface area contributed by atoms with Gasteiger partial charge in [-0.15, -0.1) is 0 Å². The van der Waals surface area contributed by atoms with Crippen molar-refractivity contribution in [3.63, 3.8) is 0 Å². The zero-order valence-electron chi connectivity index (χ0n) is 10.7. The van der Waals surface area contributed by atoms with Gasteiger partial charge in [0.25, 0.3) is 17.7 Å². The number of carbonyl (C=O) groups is 4. The fourth-order valence-electron chi connectivity index (χ4n) is 1.62. The van der Waals surface area contributed by atoms with Crippen LogP contribution in [0.5, 0.6) is 5.75 Å². The molecule has 1 aliphatic heterocycles. The molecule has 0 spiro atoms. The lowest BCUT2D eigenvalue weighted by atomic mass is 10.1. The van der Waals surface area contributed by atoms with Crippen molar-refractivity contribution in [2.24, 2.45) is 5.73 Å². The van der Waals surface area contributed by atoms with Crippen LogP contribution in [0.25, 0.3) is 6.08 Å². The molecule has 0 radical (unpaired) electrons. The topological polar surface area (TPSA) is 128 Å². The lowest BCUT2D eigenvalue weighted by Crippen LogP contribution is -2.51. The first-order valence-electron chi connectivity index (χ1n) is 5.85. The zero-order chi connectivity index (χ0) is 15.4. The van der Waals surface area contributed by atoms with Crippen LogP contribution in [0.4, 0.5) is 4.79 Å². The number of amides is 5. The molecule has 2 rings (SSSR count). The number of rotatable bonds is 4. The first kappa shape index (κ1) is 14.3. The van der Waals surface area contributed by atoms with Crippen molar-refractivity contribution < 1.29 is 23.9 Å². The fourth-order valence-corrected chi connectivity index (χ4v) is 1.62. The molecule has 4 N–H and O–H groups in total. The first-order valence-corrected chi connectivity index (χ1v) is 5.85. The van der Waals surface area contributed by atoms with Gasteiger partial charge in [-0.3, -0.25) is 25.0 Å². The van der Waals surface area contributed by atoms with E-state index in [1.165, 1.54) is 12.1 Å². The van der Waals surface area contributed by atoms with Crippen LogP contribution in [0.3, 0.4) is 0 Å². The molecule has 0 aromatic heterocycles. The fraction of sp³-hybridized carbons (Fsp3) is 0.0769. The number of urea groups is 1. The van der Waals surface area contributed by atoms with E-state index in [1.807, 2.05) is 10.6 Å². The van der Waals surface area contributed by atoms with Crippen molar-refractivity contribution in [1.29, 1.82) is 0 Å². The molecule has 1 fully saturated rings. The van der Waals surface area contributed by atoms with E-state index in [0.717, 1.165) is 0 Å². The highest BCUT2D eigenvalue weighted by Crippen LogP contribution is 2.16. The van der Waals surface area contributed by atoms with Gasteiger partial charge >= 0.3 is 6.03 Å². The molecule has 0 atom stereocenters. The van der Waals surface area contributed by atoms with Crippen LogP contribution in [-0.4, -0.2) is 30.4 Å². The molecule has 8 heteroatoms. The summed E-state index contributed by atoms with van der Waals surface area (Å²) in [4.78, 5) is 44.7. The molecule has 1 saturated heterocycles. The van der Waals surface area contributed by atoms with Crippen LogP contribution in [0.15, 0.2) is 29.8 Å². The van der Waals surface area contributed by atoms with Crippen molar-refractivity contribution in [3.05, 3.63) is 35.4 Å². The maximum atomic E-state index is 11.6. The predicted octanol–water partition coefficient (Wildman–Crippen LogP) is -0.700. The molecule has 1 aliphatic rings. The van der Waals surface area contributed by atoms with E-state index in [9.17, 15) is 19.2 Å². The van der Waals surface area contributed by atoms with Crippen molar-refractivity contribution in [2.75, 3.05) is 6.61 Å². The Bertz CT molecular complexity index is 644. The molecule has 1 aromatic carbocycles. The molecule has 8 nitrogen and oxygen atoms in total. The minimum Gasteiger partial charge on any atom is -0.484 e. The Hall–Kier alpha value is -3.16. The van der Waals surface area contributed by atoms with E-state index in [-0.39, 0.29) is 12.2 Å². The van der Waals surface area contributed by atoms with Gasteiger partial charge in [-0.25, -0.2) is 4.79 Å². The number of imide groups is 2. The number of barbiturate groups is 1. The van der Waals surface area contributed by atoms with Crippen LogP contribution in [-0.2, 0) is 14.4 Å². The van der Waals surface area contributed by atoms with E-state index in [4.69, 9.17) is 10.5 Å². The van der Waals surface area contributed by atoms with Gasteiger partial charge in [0.2, 0.25) is 0 Å². The zero-order valence-corrected chi connectivity index (χ0v) is 10.7. The second-order valence-electron chi connectivity index (χ2n) is 4.12. The first-order chi connectivity index (χ1) is 9.95. The summed E-state index contributed by atoms with van der Waals surface area (Å²) in [6, 6.07) is 5.50. The smallest absolute Gasteiger partial charge is 0.328 e. The molecule has 108 valence electrons. The van der Waals surface area contributed by atoms with Crippen LogP contribution in [0.1, 0.15) is 5.56 Å². The second-order valence-corrected chi connectivity index (χ2v) is 4.12. The Balaban J connectivity index is 2.22. The molecule has 21 heavy (non-hydrogen) atoms. The third kappa shape index (κ3) is 3.66. The summed E-state index contributed by atoms with van der Waals surface area (Å²) in [6.07, 6.45) is 1.30. The van der Waals surface area contributed by atoms with E-state index >= 15 is 0 Å². The van der Waals surface area contributed by atoms with Crippen LogP contribution in [0.2, 0.25) is 0 Å². The maximum absolute atomic E-state index is 11.6. The van der Waals surface area contributed by atoms with Crippen molar-refractivity contribution >= 4 is 29.8 Å². The number of ether oxygens (including phenoxy) is 1. The van der Waals surface area contributed by atoms with Gasteiger partial charge in [-0.2, -0.15) is 0 Å². The van der Waals surface area contributed by atoms with Crippen molar-refractivity contribution in [2.45, 2.75) is 0 Å². The van der Waals surface area contributed by atoms with E-state index in [2.05, 4.69) is 0 Å². The third-order valence-corrected chi connectivity index (χ3v) is 2.49. The molecule has 0 aliphatic carbocycles. The summed E-state index contributed by atoms with van der Waals surface area (Å²) >= 11 is 0. The Morgan fingerprint density at radius 1 is 1.19 bits per heavy atom. The minimum atomic E-state index is -0.860. The molecule has 5 amide bonds. The van der Waals surface area contributed by atoms with Crippen molar-refractivity contribution in [1.82, 2.24) is 10.6 Å². The normalized spacial score (nSPS) is 14.3. The monoisotopic (exact) mass is 289 g/mol. The summed E-state index contributed by atoms with van der Waals surface area (Å²) in [6.45, 7) is -0.282. The average Bonchev–Trinajstić information content (AvgIpc) is 2.41. The summed E-state index contributed by atoms with van der Waals surface area (Å²) in [5.74, 6) is -1.83. The number of hydrogen-bond acceptors (Lipinski definition) is 5. The molecule has 0 unspecified atom stereocenters. The Kier molecular flexibility index (Phi) is 3.98. The quantitative estimate of drug-likeness (QED) is 0.499. The molecule has 1 heterocycles. The molecule has 0 bridgehead atoms. The molecular weight excluding hydrogens is 278 g/mol. The van der Waals surface area contributed by atoms with Gasteiger partial charge in [-0.05, 0) is 23.8 Å². The van der Waals surface area contributed by atoms with Gasteiger partial charge < -0.3 is 10.5 Å². The Labute approximate surface area is 118 Å². The summed E-state index contributed by atoms with van der Waals surface area (Å²) in [7, 11) is 0. The SMILES string of the molecule is NC(=O)COc1cccc(C=C2C(=O)NC(=O)NC2=O)c1. The largest absolute Gasteiger partial charge is 0.484 e. The minimum absolute atomic E-state index is 0.207. The number of benzene rings is 1. The molecular formula is C13H11N3O5. The molecule has 0 saturated carbocycles. The number of nitrogens with two attached hydrogens (primary N) is 1. The second kappa shape index (κ2) is 5.87. The van der Waals surface area contributed by atoms with Crippen LogP contribution >= 0.6 is 0 Å². The summed E-state index contributed by atoms with van der Waals surface area (Å²) < 4.78 is 5.11. The maximum Gasteiger partial charge on any atom is 0.328 e. The standard InChI is InChI=1S/C13H11N3O5/c14-10(17)6-21-8-3-1-2-7(4-8)5-9-11(18)15-13(20)16-12(9)19/h1-5H,6H2,(H2,14,17)(H2,15,16,18,19,20). The van der Waals surface area contributed by atoms with Crippen molar-refractivity contribution in [3.8, 4) is 5.75 Å². The highest BCUT2D eigenvalue weighted by molar-refractivity contribution is 6.31. The van der Waals surface area contributed by atoms with Gasteiger partial charge in [0.1, 0.15) is 11.3 Å². The Morgan fingerprint density at radius 2 is 1.86 bits per heavy atom. The van der Waals surface area contributed by atoms with E-state index in [0.29, 0.717) is 11.3 Å². The highest BCUT2D eigenvalue weighted by atomic mass is 16.5. The summed E-state index contributed by atoms with van der Waals surface area (Å²) in [5.41, 5.74) is 5.25. The van der Waals surface area contributed by atoms with Crippen LogP contribution in [0, 0.1) is 0 Å². The Morgan fingerprint density at radius 3 is 2.48 bits per heavy atom. The lowest BCUT2D eigenvalue weighted by Gasteiger charge is -2.14. The van der Waals surface area contributed by atoms with E-state index < -0.39 is 23.8 Å². The van der Waals surface area contributed by atoms with Gasteiger partial charge in [0.15, 0.2) is 6.61 Å².